The van der Waals surface area contributed by atoms with Gasteiger partial charge < -0.3 is 5.32 Å². The van der Waals surface area contributed by atoms with Crippen LogP contribution >= 0.6 is 38.9 Å². The quantitative estimate of drug-likeness (QED) is 0.829. The fourth-order valence-electron chi connectivity index (χ4n) is 2.03. The lowest BCUT2D eigenvalue weighted by atomic mass is 9.92. The summed E-state index contributed by atoms with van der Waals surface area (Å²) >= 11 is 11.1. The molecule has 2 rings (SSSR count). The molecule has 0 spiro atoms. The van der Waals surface area contributed by atoms with Crippen LogP contribution in [0.4, 0.5) is 0 Å². The maximum atomic E-state index is 6.00. The molecule has 1 aliphatic carbocycles. The Morgan fingerprint density at radius 2 is 2.25 bits per heavy atom. The molecule has 1 N–H and O–H groups in total. The highest BCUT2D eigenvalue weighted by Gasteiger charge is 2.44. The fourth-order valence-corrected chi connectivity index (χ4v) is 3.79. The largest absolute Gasteiger partial charge is 0.311 e. The molecule has 0 aliphatic heterocycles. The summed E-state index contributed by atoms with van der Waals surface area (Å²) in [7, 11) is 0. The van der Waals surface area contributed by atoms with Crippen LogP contribution in [0.1, 0.15) is 31.6 Å². The Morgan fingerprint density at radius 1 is 1.56 bits per heavy atom. The van der Waals surface area contributed by atoms with E-state index in [1.54, 1.807) is 11.3 Å². The topological polar surface area (TPSA) is 12.0 Å². The van der Waals surface area contributed by atoms with Crippen molar-refractivity contribution < 1.29 is 0 Å². The second-order valence-corrected chi connectivity index (χ2v) is 7.55. The molecule has 1 aromatic heterocycles. The van der Waals surface area contributed by atoms with E-state index < -0.39 is 0 Å². The van der Waals surface area contributed by atoms with Gasteiger partial charge in [0.2, 0.25) is 0 Å². The fraction of sp³-hybridized carbons (Fsp3) is 0.667. The van der Waals surface area contributed by atoms with Gasteiger partial charge in [0.25, 0.3) is 0 Å². The molecule has 0 aromatic carbocycles. The van der Waals surface area contributed by atoms with Crippen molar-refractivity contribution in [3.05, 3.63) is 19.8 Å². The van der Waals surface area contributed by atoms with Crippen LogP contribution in [0.2, 0.25) is 4.34 Å². The van der Waals surface area contributed by atoms with Crippen LogP contribution < -0.4 is 5.32 Å². The summed E-state index contributed by atoms with van der Waals surface area (Å²) in [6.45, 7) is 6.73. The third-order valence-electron chi connectivity index (χ3n) is 3.59. The Kier molecular flexibility index (Phi) is 4.00. The minimum Gasteiger partial charge on any atom is -0.311 e. The number of hydrogen-bond acceptors (Lipinski definition) is 2. The molecule has 0 unspecified atom stereocenters. The predicted molar refractivity (Wildman–Crippen MR) is 75.2 cm³/mol. The van der Waals surface area contributed by atoms with Crippen molar-refractivity contribution in [3.63, 3.8) is 0 Å². The Labute approximate surface area is 115 Å². The predicted octanol–water partition coefficient (Wildman–Crippen LogP) is 4.69. The smallest absolute Gasteiger partial charge is 0.107 e. The van der Waals surface area contributed by atoms with Gasteiger partial charge in [-0.15, -0.1) is 11.3 Å². The first kappa shape index (κ1) is 12.9. The molecule has 16 heavy (non-hydrogen) atoms. The molecule has 0 radical (unpaired) electrons. The van der Waals surface area contributed by atoms with Gasteiger partial charge in [-0.3, -0.25) is 0 Å². The van der Waals surface area contributed by atoms with E-state index in [-0.39, 0.29) is 0 Å². The Morgan fingerprint density at radius 3 is 2.69 bits per heavy atom. The molecule has 1 nitrogen and oxygen atoms in total. The lowest BCUT2D eigenvalue weighted by Crippen LogP contribution is -2.26. The van der Waals surface area contributed by atoms with E-state index in [0.717, 1.165) is 27.8 Å². The second-order valence-electron chi connectivity index (χ2n) is 4.95. The zero-order valence-corrected chi connectivity index (χ0v) is 12.8. The number of rotatable bonds is 5. The molecule has 1 fully saturated rings. The minimum atomic E-state index is 0.582. The molecule has 1 saturated carbocycles. The van der Waals surface area contributed by atoms with E-state index in [0.29, 0.717) is 5.41 Å². The van der Waals surface area contributed by atoms with E-state index in [9.17, 15) is 0 Å². The Bertz CT molecular complexity index is 352. The number of nitrogens with one attached hydrogen (secondary N) is 1. The van der Waals surface area contributed by atoms with Crippen molar-refractivity contribution in [2.75, 3.05) is 6.54 Å². The number of hydrogen-bond donors (Lipinski definition) is 1. The van der Waals surface area contributed by atoms with Crippen LogP contribution in [-0.4, -0.2) is 6.54 Å². The summed E-state index contributed by atoms with van der Waals surface area (Å²) in [4.78, 5) is 1.30. The molecule has 90 valence electrons. The monoisotopic (exact) mass is 321 g/mol. The first-order chi connectivity index (χ1) is 7.53. The standard InChI is InChI=1S/C12H17BrClNS/c1-8(2)12(3-4-12)7-15-6-9-5-10(13)11(14)16-9/h5,8,15H,3-4,6-7H2,1-2H3. The van der Waals surface area contributed by atoms with Gasteiger partial charge in [0, 0.05) is 22.4 Å². The summed E-state index contributed by atoms with van der Waals surface area (Å²) < 4.78 is 1.86. The van der Waals surface area contributed by atoms with Gasteiger partial charge in [-0.2, -0.15) is 0 Å². The highest BCUT2D eigenvalue weighted by atomic mass is 79.9. The van der Waals surface area contributed by atoms with Crippen molar-refractivity contribution in [2.24, 2.45) is 11.3 Å². The van der Waals surface area contributed by atoms with Crippen LogP contribution in [0.3, 0.4) is 0 Å². The molecule has 0 atom stereocenters. The van der Waals surface area contributed by atoms with Crippen molar-refractivity contribution in [3.8, 4) is 0 Å². The minimum absolute atomic E-state index is 0.582. The molecular weight excluding hydrogens is 306 g/mol. The van der Waals surface area contributed by atoms with Crippen LogP contribution in [0.5, 0.6) is 0 Å². The van der Waals surface area contributed by atoms with Gasteiger partial charge in [0.1, 0.15) is 4.34 Å². The van der Waals surface area contributed by atoms with Crippen LogP contribution in [0.25, 0.3) is 0 Å². The maximum Gasteiger partial charge on any atom is 0.107 e. The summed E-state index contributed by atoms with van der Waals surface area (Å²) in [6.07, 6.45) is 2.76. The number of thiophene rings is 1. The van der Waals surface area contributed by atoms with Crippen LogP contribution in [-0.2, 0) is 6.54 Å². The zero-order chi connectivity index (χ0) is 11.8. The Balaban J connectivity index is 1.80. The van der Waals surface area contributed by atoms with Gasteiger partial charge in [-0.1, -0.05) is 25.4 Å². The summed E-state index contributed by atoms with van der Waals surface area (Å²) in [5, 5.41) is 3.56. The average Bonchev–Trinajstić information content (AvgIpc) is 2.92. The van der Waals surface area contributed by atoms with E-state index in [1.165, 1.54) is 17.7 Å². The molecule has 0 saturated heterocycles. The van der Waals surface area contributed by atoms with E-state index in [4.69, 9.17) is 11.6 Å². The molecule has 0 amide bonds. The van der Waals surface area contributed by atoms with Crippen molar-refractivity contribution in [1.82, 2.24) is 5.32 Å². The zero-order valence-electron chi connectivity index (χ0n) is 9.65. The lowest BCUT2D eigenvalue weighted by molar-refractivity contribution is 0.338. The first-order valence-electron chi connectivity index (χ1n) is 5.68. The second kappa shape index (κ2) is 4.97. The van der Waals surface area contributed by atoms with Crippen molar-refractivity contribution >= 4 is 38.9 Å². The normalized spacial score (nSPS) is 18.1. The maximum absolute atomic E-state index is 6.00. The van der Waals surface area contributed by atoms with Gasteiger partial charge in [0.15, 0.2) is 0 Å². The lowest BCUT2D eigenvalue weighted by Gasteiger charge is -2.19. The summed E-state index contributed by atoms with van der Waals surface area (Å²) in [5.74, 6) is 0.790. The van der Waals surface area contributed by atoms with Crippen molar-refractivity contribution in [2.45, 2.75) is 33.2 Å². The van der Waals surface area contributed by atoms with Crippen LogP contribution in [0, 0.1) is 11.3 Å². The van der Waals surface area contributed by atoms with E-state index in [2.05, 4.69) is 41.2 Å². The summed E-state index contributed by atoms with van der Waals surface area (Å²) in [5.41, 5.74) is 0.582. The third kappa shape index (κ3) is 2.81. The molecule has 1 aromatic rings. The molecule has 4 heteroatoms. The highest BCUT2D eigenvalue weighted by molar-refractivity contribution is 9.10. The number of halogens is 2. The molecule has 1 heterocycles. The van der Waals surface area contributed by atoms with Crippen molar-refractivity contribution in [1.29, 1.82) is 0 Å². The molecule has 0 bridgehead atoms. The van der Waals surface area contributed by atoms with Gasteiger partial charge in [0.05, 0.1) is 0 Å². The molecule has 1 aliphatic rings. The summed E-state index contributed by atoms with van der Waals surface area (Å²) in [6, 6.07) is 2.11. The average molecular weight is 323 g/mol. The van der Waals surface area contributed by atoms with Gasteiger partial charge >= 0.3 is 0 Å². The molecular formula is C12H17BrClNS. The highest BCUT2D eigenvalue weighted by Crippen LogP contribution is 2.51. The van der Waals surface area contributed by atoms with Crippen LogP contribution in [0.15, 0.2) is 10.5 Å². The first-order valence-corrected chi connectivity index (χ1v) is 7.67. The Hall–Kier alpha value is 0.430. The van der Waals surface area contributed by atoms with E-state index in [1.807, 2.05) is 0 Å². The van der Waals surface area contributed by atoms with Gasteiger partial charge in [-0.25, -0.2) is 0 Å². The van der Waals surface area contributed by atoms with Gasteiger partial charge in [-0.05, 0) is 46.2 Å². The SMILES string of the molecule is CC(C)C1(CNCc2cc(Br)c(Cl)s2)CC1. The third-order valence-corrected chi connectivity index (χ3v) is 6.06. The van der Waals surface area contributed by atoms with E-state index >= 15 is 0 Å².